The Morgan fingerprint density at radius 1 is 0.481 bits per heavy atom. The molecule has 0 aliphatic carbocycles. The predicted molar refractivity (Wildman–Crippen MR) is 117 cm³/mol. The molecule has 0 aromatic carbocycles. The molecular weight excluding hydrogens is 334 g/mol. The molecule has 2 aliphatic heterocycles. The number of nitrogens with zero attached hydrogens (tertiary/aromatic N) is 5. The molecule has 2 heterocycles. The van der Waals surface area contributed by atoms with E-state index in [4.69, 9.17) is 5.32 Å². The van der Waals surface area contributed by atoms with E-state index < -0.39 is 0 Å². The molecule has 0 bridgehead atoms. The Morgan fingerprint density at radius 2 is 0.815 bits per heavy atom. The van der Waals surface area contributed by atoms with E-state index in [1.807, 2.05) is 0 Å². The van der Waals surface area contributed by atoms with E-state index in [9.17, 15) is 0 Å². The van der Waals surface area contributed by atoms with Crippen LogP contribution in [-0.4, -0.2) is 111 Å². The molecule has 1 radical (unpaired) electrons. The van der Waals surface area contributed by atoms with E-state index >= 15 is 0 Å². The van der Waals surface area contributed by atoms with Crippen molar-refractivity contribution in [1.29, 1.82) is 0 Å². The van der Waals surface area contributed by atoms with Gasteiger partial charge in [-0.2, -0.15) is 0 Å². The molecule has 27 heavy (non-hydrogen) atoms. The van der Waals surface area contributed by atoms with Crippen molar-refractivity contribution in [2.45, 2.75) is 52.4 Å². The lowest BCUT2D eigenvalue weighted by molar-refractivity contribution is 0.130. The van der Waals surface area contributed by atoms with E-state index in [0.29, 0.717) is 0 Å². The Kier molecular flexibility index (Phi) is 12.6. The summed E-state index contributed by atoms with van der Waals surface area (Å²) in [6, 6.07) is 0. The van der Waals surface area contributed by atoms with E-state index in [1.165, 1.54) is 117 Å². The van der Waals surface area contributed by atoms with Crippen molar-refractivity contribution in [2.24, 2.45) is 0 Å². The van der Waals surface area contributed by atoms with Crippen LogP contribution in [0.3, 0.4) is 0 Å². The second kappa shape index (κ2) is 14.7. The molecule has 0 saturated carbocycles. The van der Waals surface area contributed by atoms with E-state index in [1.54, 1.807) is 0 Å². The molecule has 0 amide bonds. The highest BCUT2D eigenvalue weighted by molar-refractivity contribution is 4.72. The molecular formula is C22H46N5. The van der Waals surface area contributed by atoms with Crippen LogP contribution < -0.4 is 5.32 Å². The SMILES string of the molecule is CCCN1CCN(CCCC[N]CCCCN2CCN(CCC)CC2)CC1. The van der Waals surface area contributed by atoms with Gasteiger partial charge in [-0.25, -0.2) is 5.32 Å². The topological polar surface area (TPSA) is 27.1 Å². The van der Waals surface area contributed by atoms with Crippen LogP contribution in [0.4, 0.5) is 0 Å². The fourth-order valence-corrected chi connectivity index (χ4v) is 4.34. The highest BCUT2D eigenvalue weighted by Crippen LogP contribution is 2.05. The van der Waals surface area contributed by atoms with E-state index in [-0.39, 0.29) is 0 Å². The third-order valence-corrected chi connectivity index (χ3v) is 6.09. The zero-order valence-corrected chi connectivity index (χ0v) is 18.4. The Morgan fingerprint density at radius 3 is 1.15 bits per heavy atom. The number of unbranched alkanes of at least 4 members (excludes halogenated alkanes) is 2. The molecule has 159 valence electrons. The lowest BCUT2D eigenvalue weighted by Crippen LogP contribution is -2.46. The maximum atomic E-state index is 4.76. The number of hydrogen-bond acceptors (Lipinski definition) is 4. The van der Waals surface area contributed by atoms with Crippen molar-refractivity contribution >= 4 is 0 Å². The van der Waals surface area contributed by atoms with Gasteiger partial charge in [0.2, 0.25) is 0 Å². The van der Waals surface area contributed by atoms with Crippen LogP contribution in [0, 0.1) is 0 Å². The Bertz CT molecular complexity index is 304. The number of hydrogen-bond donors (Lipinski definition) is 0. The minimum atomic E-state index is 1.07. The van der Waals surface area contributed by atoms with Crippen molar-refractivity contribution in [3.63, 3.8) is 0 Å². The molecule has 5 nitrogen and oxygen atoms in total. The van der Waals surface area contributed by atoms with Crippen molar-refractivity contribution < 1.29 is 0 Å². The Balaban J connectivity index is 1.32. The third kappa shape index (κ3) is 10.2. The van der Waals surface area contributed by atoms with Crippen LogP contribution in [-0.2, 0) is 0 Å². The van der Waals surface area contributed by atoms with E-state index in [2.05, 4.69) is 33.4 Å². The maximum Gasteiger partial charge on any atom is 0.0133 e. The van der Waals surface area contributed by atoms with Crippen molar-refractivity contribution in [3.8, 4) is 0 Å². The fraction of sp³-hybridized carbons (Fsp3) is 1.00. The van der Waals surface area contributed by atoms with Crippen LogP contribution in [0.2, 0.25) is 0 Å². The van der Waals surface area contributed by atoms with Crippen LogP contribution in [0.15, 0.2) is 0 Å². The summed E-state index contributed by atoms with van der Waals surface area (Å²) >= 11 is 0. The smallest absolute Gasteiger partial charge is 0.0133 e. The molecule has 0 aromatic rings. The second-order valence-corrected chi connectivity index (χ2v) is 8.45. The highest BCUT2D eigenvalue weighted by atomic mass is 15.3. The van der Waals surface area contributed by atoms with Gasteiger partial charge >= 0.3 is 0 Å². The number of rotatable bonds is 14. The van der Waals surface area contributed by atoms with Crippen LogP contribution >= 0.6 is 0 Å². The number of piperazine rings is 2. The highest BCUT2D eigenvalue weighted by Gasteiger charge is 2.16. The molecule has 0 N–H and O–H groups in total. The molecule has 2 rings (SSSR count). The summed E-state index contributed by atoms with van der Waals surface area (Å²) in [7, 11) is 0. The minimum absolute atomic E-state index is 1.07. The first-order chi connectivity index (χ1) is 13.3. The van der Waals surface area contributed by atoms with Gasteiger partial charge in [-0.3, -0.25) is 0 Å². The molecule has 2 saturated heterocycles. The van der Waals surface area contributed by atoms with Crippen LogP contribution in [0.1, 0.15) is 52.4 Å². The van der Waals surface area contributed by atoms with Gasteiger partial charge in [0.05, 0.1) is 0 Å². The lowest BCUT2D eigenvalue weighted by atomic mass is 10.2. The normalized spacial score (nSPS) is 21.1. The summed E-state index contributed by atoms with van der Waals surface area (Å²) in [6.45, 7) is 22.0. The van der Waals surface area contributed by atoms with Gasteiger partial charge in [-0.05, 0) is 64.7 Å². The molecule has 0 aromatic heterocycles. The minimum Gasteiger partial charge on any atom is -0.301 e. The first kappa shape index (κ1) is 23.1. The summed E-state index contributed by atoms with van der Waals surface area (Å²) < 4.78 is 0. The molecule has 5 heteroatoms. The third-order valence-electron chi connectivity index (χ3n) is 6.09. The van der Waals surface area contributed by atoms with Gasteiger partial charge in [0.15, 0.2) is 0 Å². The monoisotopic (exact) mass is 380 g/mol. The zero-order chi connectivity index (χ0) is 19.2. The standard InChI is InChI=1S/C22H46N5/c1-3-11-24-15-19-26(20-16-24)13-7-5-9-23-10-6-8-14-27-21-17-25(12-4-2)18-22-27/h3-22H2,1-2H3. The molecule has 2 aliphatic rings. The molecule has 0 unspecified atom stereocenters. The first-order valence-electron chi connectivity index (χ1n) is 11.8. The average molecular weight is 381 g/mol. The molecule has 0 spiro atoms. The van der Waals surface area contributed by atoms with Gasteiger partial charge < -0.3 is 19.6 Å². The van der Waals surface area contributed by atoms with Gasteiger partial charge in [-0.15, -0.1) is 0 Å². The summed E-state index contributed by atoms with van der Waals surface area (Å²) in [6.07, 6.45) is 7.76. The fourth-order valence-electron chi connectivity index (χ4n) is 4.34. The Labute approximate surface area is 169 Å². The first-order valence-corrected chi connectivity index (χ1v) is 11.8. The zero-order valence-electron chi connectivity index (χ0n) is 18.4. The second-order valence-electron chi connectivity index (χ2n) is 8.45. The van der Waals surface area contributed by atoms with Crippen molar-refractivity contribution in [3.05, 3.63) is 0 Å². The van der Waals surface area contributed by atoms with Gasteiger partial charge in [-0.1, -0.05) is 13.8 Å². The maximum absolute atomic E-state index is 4.76. The Hall–Kier alpha value is -0.200. The van der Waals surface area contributed by atoms with Gasteiger partial charge in [0.1, 0.15) is 0 Å². The summed E-state index contributed by atoms with van der Waals surface area (Å²) in [5, 5.41) is 4.76. The van der Waals surface area contributed by atoms with E-state index in [0.717, 1.165) is 13.1 Å². The van der Waals surface area contributed by atoms with Crippen LogP contribution in [0.25, 0.3) is 0 Å². The van der Waals surface area contributed by atoms with Gasteiger partial charge in [0.25, 0.3) is 0 Å². The summed E-state index contributed by atoms with van der Waals surface area (Å²) in [4.78, 5) is 10.5. The molecule has 0 atom stereocenters. The van der Waals surface area contributed by atoms with Crippen molar-refractivity contribution in [2.75, 3.05) is 91.6 Å². The predicted octanol–water partition coefficient (Wildman–Crippen LogP) is 2.21. The quantitative estimate of drug-likeness (QED) is 0.432. The van der Waals surface area contributed by atoms with Crippen molar-refractivity contribution in [1.82, 2.24) is 24.9 Å². The average Bonchev–Trinajstić information content (AvgIpc) is 2.69. The molecule has 2 fully saturated rings. The lowest BCUT2D eigenvalue weighted by Gasteiger charge is -2.34. The van der Waals surface area contributed by atoms with Crippen LogP contribution in [0.5, 0.6) is 0 Å². The summed E-state index contributed by atoms with van der Waals surface area (Å²) in [5.74, 6) is 0. The summed E-state index contributed by atoms with van der Waals surface area (Å²) in [5.41, 5.74) is 0. The largest absolute Gasteiger partial charge is 0.301 e. The van der Waals surface area contributed by atoms with Gasteiger partial charge in [0, 0.05) is 65.4 Å².